The maximum Gasteiger partial charge on any atom is 0.0122 e. The predicted octanol–water partition coefficient (Wildman–Crippen LogP) is 2.76. The average Bonchev–Trinajstić information content (AvgIpc) is 1.97. The molecule has 0 aliphatic heterocycles. The van der Waals surface area contributed by atoms with Crippen molar-refractivity contribution in [2.45, 2.75) is 27.2 Å². The van der Waals surface area contributed by atoms with Crippen molar-refractivity contribution in [3.63, 3.8) is 0 Å². The molecule has 0 bridgehead atoms. The zero-order chi connectivity index (χ0) is 8.69. The Morgan fingerprint density at radius 2 is 2.00 bits per heavy atom. The molecule has 0 saturated heterocycles. The Morgan fingerprint density at radius 3 is 2.36 bits per heavy atom. The van der Waals surface area contributed by atoms with Gasteiger partial charge in [-0.2, -0.15) is 0 Å². The SMILES string of the molecule is C\C=C/C(/C=C\CC)=C(\C)N. The molecule has 62 valence electrons. The number of hydrogen-bond acceptors (Lipinski definition) is 1. The largest absolute Gasteiger partial charge is 0.402 e. The molecule has 0 unspecified atom stereocenters. The second-order valence-electron chi connectivity index (χ2n) is 2.45. The van der Waals surface area contributed by atoms with Crippen LogP contribution in [0.2, 0.25) is 0 Å². The van der Waals surface area contributed by atoms with E-state index >= 15 is 0 Å². The van der Waals surface area contributed by atoms with Gasteiger partial charge < -0.3 is 5.73 Å². The molecule has 0 aromatic rings. The fraction of sp³-hybridized carbons (Fsp3) is 0.400. The van der Waals surface area contributed by atoms with Crippen LogP contribution in [-0.4, -0.2) is 0 Å². The predicted molar refractivity (Wildman–Crippen MR) is 51.1 cm³/mol. The first-order valence-electron chi connectivity index (χ1n) is 3.98. The smallest absolute Gasteiger partial charge is 0.0122 e. The van der Waals surface area contributed by atoms with E-state index in [0.717, 1.165) is 17.7 Å². The Hall–Kier alpha value is -0.980. The summed E-state index contributed by atoms with van der Waals surface area (Å²) in [4.78, 5) is 0. The Bertz CT molecular complexity index is 181. The molecular formula is C10H17N. The first kappa shape index (κ1) is 10.0. The third-order valence-electron chi connectivity index (χ3n) is 1.33. The topological polar surface area (TPSA) is 26.0 Å². The molecule has 0 spiro atoms. The number of nitrogens with two attached hydrogens (primary N) is 1. The van der Waals surface area contributed by atoms with Crippen molar-refractivity contribution in [2.75, 3.05) is 0 Å². The normalized spacial score (nSPS) is 14.5. The summed E-state index contributed by atoms with van der Waals surface area (Å²) in [5, 5.41) is 0. The summed E-state index contributed by atoms with van der Waals surface area (Å²) in [5.41, 5.74) is 7.61. The van der Waals surface area contributed by atoms with Gasteiger partial charge in [0, 0.05) is 5.70 Å². The molecule has 0 aromatic carbocycles. The standard InChI is InChI=1S/C10H17N/c1-4-6-8-10(7-5-2)9(3)11/h5-8H,4,11H2,1-3H3/b7-5-,8-6-,10-9-. The Labute approximate surface area is 69.3 Å². The lowest BCUT2D eigenvalue weighted by molar-refractivity contribution is 1.21. The van der Waals surface area contributed by atoms with E-state index in [2.05, 4.69) is 19.1 Å². The lowest BCUT2D eigenvalue weighted by Gasteiger charge is -1.96. The second kappa shape index (κ2) is 5.78. The molecule has 0 heterocycles. The third kappa shape index (κ3) is 4.43. The van der Waals surface area contributed by atoms with Crippen molar-refractivity contribution >= 4 is 0 Å². The Kier molecular flexibility index (Phi) is 5.26. The molecule has 0 rings (SSSR count). The molecule has 0 saturated carbocycles. The van der Waals surface area contributed by atoms with Crippen LogP contribution >= 0.6 is 0 Å². The third-order valence-corrected chi connectivity index (χ3v) is 1.33. The lowest BCUT2D eigenvalue weighted by atomic mass is 10.2. The highest BCUT2D eigenvalue weighted by Gasteiger charge is 1.87. The van der Waals surface area contributed by atoms with Gasteiger partial charge >= 0.3 is 0 Å². The molecule has 0 fully saturated rings. The minimum atomic E-state index is 0.868. The number of allylic oxidation sites excluding steroid dienone is 6. The summed E-state index contributed by atoms with van der Waals surface area (Å²) in [6, 6.07) is 0. The first-order chi connectivity index (χ1) is 5.22. The summed E-state index contributed by atoms with van der Waals surface area (Å²) in [5.74, 6) is 0. The van der Waals surface area contributed by atoms with Gasteiger partial charge in [-0.25, -0.2) is 0 Å². The van der Waals surface area contributed by atoms with Crippen LogP contribution in [0.25, 0.3) is 0 Å². The Balaban J connectivity index is 4.37. The van der Waals surface area contributed by atoms with E-state index < -0.39 is 0 Å². The van der Waals surface area contributed by atoms with Crippen LogP contribution in [0, 0.1) is 0 Å². The molecular weight excluding hydrogens is 134 g/mol. The van der Waals surface area contributed by atoms with Crippen molar-refractivity contribution < 1.29 is 0 Å². The van der Waals surface area contributed by atoms with Gasteiger partial charge in [0.05, 0.1) is 0 Å². The van der Waals surface area contributed by atoms with Gasteiger partial charge in [-0.05, 0) is 25.8 Å². The van der Waals surface area contributed by atoms with E-state index in [9.17, 15) is 0 Å². The molecule has 0 aliphatic carbocycles. The zero-order valence-corrected chi connectivity index (χ0v) is 7.59. The molecule has 11 heavy (non-hydrogen) atoms. The van der Waals surface area contributed by atoms with Crippen molar-refractivity contribution in [2.24, 2.45) is 5.73 Å². The monoisotopic (exact) mass is 151 g/mol. The number of rotatable bonds is 3. The van der Waals surface area contributed by atoms with E-state index in [1.54, 1.807) is 0 Å². The minimum absolute atomic E-state index is 0.868. The maximum absolute atomic E-state index is 5.64. The van der Waals surface area contributed by atoms with Crippen molar-refractivity contribution in [3.8, 4) is 0 Å². The summed E-state index contributed by atoms with van der Waals surface area (Å²) in [7, 11) is 0. The highest BCUT2D eigenvalue weighted by molar-refractivity contribution is 5.33. The fourth-order valence-corrected chi connectivity index (χ4v) is 0.743. The molecule has 0 radical (unpaired) electrons. The number of hydrogen-bond donors (Lipinski definition) is 1. The molecule has 1 nitrogen and oxygen atoms in total. The van der Waals surface area contributed by atoms with Crippen LogP contribution in [-0.2, 0) is 0 Å². The lowest BCUT2D eigenvalue weighted by Crippen LogP contribution is -1.94. The van der Waals surface area contributed by atoms with Gasteiger partial charge in [-0.15, -0.1) is 0 Å². The molecule has 0 atom stereocenters. The maximum atomic E-state index is 5.64. The summed E-state index contributed by atoms with van der Waals surface area (Å²) >= 11 is 0. The highest BCUT2D eigenvalue weighted by atomic mass is 14.6. The van der Waals surface area contributed by atoms with Crippen molar-refractivity contribution in [1.29, 1.82) is 0 Å². The van der Waals surface area contributed by atoms with E-state index in [0.29, 0.717) is 0 Å². The van der Waals surface area contributed by atoms with E-state index in [1.165, 1.54) is 0 Å². The van der Waals surface area contributed by atoms with Crippen LogP contribution < -0.4 is 5.73 Å². The summed E-state index contributed by atoms with van der Waals surface area (Å²) in [6.07, 6.45) is 9.21. The average molecular weight is 151 g/mol. The summed E-state index contributed by atoms with van der Waals surface area (Å²) < 4.78 is 0. The molecule has 0 amide bonds. The van der Waals surface area contributed by atoms with Gasteiger partial charge in [-0.1, -0.05) is 31.2 Å². The van der Waals surface area contributed by atoms with Crippen molar-refractivity contribution in [3.05, 3.63) is 35.6 Å². The van der Waals surface area contributed by atoms with Gasteiger partial charge in [0.25, 0.3) is 0 Å². The fourth-order valence-electron chi connectivity index (χ4n) is 0.743. The van der Waals surface area contributed by atoms with Gasteiger partial charge in [0.15, 0.2) is 0 Å². The minimum Gasteiger partial charge on any atom is -0.402 e. The van der Waals surface area contributed by atoms with E-state index in [-0.39, 0.29) is 0 Å². The quantitative estimate of drug-likeness (QED) is 0.617. The zero-order valence-electron chi connectivity index (χ0n) is 7.59. The Morgan fingerprint density at radius 1 is 1.36 bits per heavy atom. The summed E-state index contributed by atoms with van der Waals surface area (Å²) in [6.45, 7) is 6.01. The first-order valence-corrected chi connectivity index (χ1v) is 3.98. The van der Waals surface area contributed by atoms with Crippen LogP contribution in [0.5, 0.6) is 0 Å². The van der Waals surface area contributed by atoms with E-state index in [4.69, 9.17) is 5.73 Å². The van der Waals surface area contributed by atoms with Gasteiger partial charge in [-0.3, -0.25) is 0 Å². The van der Waals surface area contributed by atoms with Crippen LogP contribution in [0.4, 0.5) is 0 Å². The molecule has 0 aromatic heterocycles. The van der Waals surface area contributed by atoms with Gasteiger partial charge in [0.2, 0.25) is 0 Å². The van der Waals surface area contributed by atoms with Gasteiger partial charge in [0.1, 0.15) is 0 Å². The molecule has 1 heteroatoms. The van der Waals surface area contributed by atoms with Crippen LogP contribution in [0.3, 0.4) is 0 Å². The molecule has 0 aliphatic rings. The van der Waals surface area contributed by atoms with E-state index in [1.807, 2.05) is 26.0 Å². The highest BCUT2D eigenvalue weighted by Crippen LogP contribution is 2.03. The second-order valence-corrected chi connectivity index (χ2v) is 2.45. The van der Waals surface area contributed by atoms with Crippen molar-refractivity contribution in [1.82, 2.24) is 0 Å². The molecule has 2 N–H and O–H groups in total. The van der Waals surface area contributed by atoms with Crippen LogP contribution in [0.15, 0.2) is 35.6 Å². The van der Waals surface area contributed by atoms with Crippen LogP contribution in [0.1, 0.15) is 27.2 Å².